The normalized spacial score (nSPS) is 10.3. The smallest absolute Gasteiger partial charge is 0.278 e. The number of nitrogens with one attached hydrogen (secondary N) is 2. The molecule has 4 N–H and O–H groups in total. The van der Waals surface area contributed by atoms with Crippen molar-refractivity contribution in [1.82, 2.24) is 9.97 Å². The van der Waals surface area contributed by atoms with Crippen LogP contribution in [0.3, 0.4) is 0 Å². The van der Waals surface area contributed by atoms with Gasteiger partial charge in [-0.15, -0.1) is 0 Å². The van der Waals surface area contributed by atoms with Crippen LogP contribution in [-0.2, 0) is 11.2 Å². The van der Waals surface area contributed by atoms with E-state index in [9.17, 15) is 14.0 Å². The first kappa shape index (κ1) is 18.0. The van der Waals surface area contributed by atoms with Crippen LogP contribution in [0.1, 0.15) is 16.1 Å². The summed E-state index contributed by atoms with van der Waals surface area (Å²) < 4.78 is 14.0. The quantitative estimate of drug-likeness (QED) is 0.644. The van der Waals surface area contributed by atoms with Crippen molar-refractivity contribution < 1.29 is 14.0 Å². The lowest BCUT2D eigenvalue weighted by atomic mass is 10.1. The predicted molar refractivity (Wildman–Crippen MR) is 99.6 cm³/mol. The van der Waals surface area contributed by atoms with Crippen molar-refractivity contribution in [2.45, 2.75) is 6.42 Å². The Hall–Kier alpha value is -3.81. The molecular weight excluding hydrogens is 349 g/mol. The SMILES string of the molecule is Nc1nccnc1C(=O)Nc1ccc(F)c(NC(=O)Cc2ccccc2)c1. The van der Waals surface area contributed by atoms with E-state index in [1.165, 1.54) is 24.5 Å². The van der Waals surface area contributed by atoms with E-state index in [1.54, 1.807) is 12.1 Å². The molecule has 136 valence electrons. The zero-order valence-corrected chi connectivity index (χ0v) is 14.1. The van der Waals surface area contributed by atoms with Crippen molar-refractivity contribution in [2.24, 2.45) is 0 Å². The summed E-state index contributed by atoms with van der Waals surface area (Å²) >= 11 is 0. The molecule has 0 aliphatic carbocycles. The van der Waals surface area contributed by atoms with Crippen molar-refractivity contribution in [2.75, 3.05) is 16.4 Å². The molecule has 7 nitrogen and oxygen atoms in total. The number of carbonyl (C=O) groups excluding carboxylic acids is 2. The third-order valence-corrected chi connectivity index (χ3v) is 3.65. The van der Waals surface area contributed by atoms with E-state index >= 15 is 0 Å². The molecule has 3 aromatic rings. The van der Waals surface area contributed by atoms with Crippen LogP contribution in [0.25, 0.3) is 0 Å². The largest absolute Gasteiger partial charge is 0.382 e. The minimum Gasteiger partial charge on any atom is -0.382 e. The number of aromatic nitrogens is 2. The maximum absolute atomic E-state index is 14.0. The summed E-state index contributed by atoms with van der Waals surface area (Å²) in [5.41, 5.74) is 6.61. The second-order valence-corrected chi connectivity index (χ2v) is 5.65. The second kappa shape index (κ2) is 8.05. The Bertz CT molecular complexity index is 979. The lowest BCUT2D eigenvalue weighted by Gasteiger charge is -2.10. The molecule has 0 atom stereocenters. The number of rotatable bonds is 5. The van der Waals surface area contributed by atoms with Gasteiger partial charge in [-0.05, 0) is 23.8 Å². The van der Waals surface area contributed by atoms with E-state index in [2.05, 4.69) is 20.6 Å². The Balaban J connectivity index is 1.71. The van der Waals surface area contributed by atoms with Crippen molar-refractivity contribution >= 4 is 29.0 Å². The molecule has 0 bridgehead atoms. The van der Waals surface area contributed by atoms with Gasteiger partial charge in [-0.2, -0.15) is 0 Å². The molecule has 0 fully saturated rings. The first-order valence-corrected chi connectivity index (χ1v) is 8.04. The third kappa shape index (κ3) is 4.63. The molecule has 2 amide bonds. The summed E-state index contributed by atoms with van der Waals surface area (Å²) in [6.07, 6.45) is 2.81. The summed E-state index contributed by atoms with van der Waals surface area (Å²) in [6.45, 7) is 0. The Kier molecular flexibility index (Phi) is 5.36. The molecule has 3 rings (SSSR count). The van der Waals surface area contributed by atoms with Crippen LogP contribution < -0.4 is 16.4 Å². The fourth-order valence-corrected chi connectivity index (χ4v) is 2.39. The Morgan fingerprint density at radius 3 is 2.48 bits per heavy atom. The highest BCUT2D eigenvalue weighted by atomic mass is 19.1. The molecule has 1 aromatic heterocycles. The molecule has 0 aliphatic heterocycles. The molecule has 0 saturated heterocycles. The van der Waals surface area contributed by atoms with Crippen LogP contribution in [0.15, 0.2) is 60.9 Å². The highest BCUT2D eigenvalue weighted by Crippen LogP contribution is 2.21. The standard InChI is InChI=1S/C19H16FN5O2/c20-14-7-6-13(24-19(27)17-18(21)23-9-8-22-17)11-15(14)25-16(26)10-12-4-2-1-3-5-12/h1-9,11H,10H2,(H2,21,23)(H,24,27)(H,25,26). The maximum Gasteiger partial charge on any atom is 0.278 e. The van der Waals surface area contributed by atoms with Gasteiger partial charge >= 0.3 is 0 Å². The molecule has 0 unspecified atom stereocenters. The maximum atomic E-state index is 14.0. The van der Waals surface area contributed by atoms with Gasteiger partial charge in [0.25, 0.3) is 5.91 Å². The van der Waals surface area contributed by atoms with E-state index < -0.39 is 11.7 Å². The van der Waals surface area contributed by atoms with Crippen LogP contribution in [0.4, 0.5) is 21.6 Å². The minimum absolute atomic E-state index is 0.0199. The number of nitrogens with two attached hydrogens (primary N) is 1. The molecule has 27 heavy (non-hydrogen) atoms. The number of halogens is 1. The van der Waals surface area contributed by atoms with Crippen LogP contribution in [0.2, 0.25) is 0 Å². The van der Waals surface area contributed by atoms with E-state index in [1.807, 2.05) is 18.2 Å². The zero-order valence-electron chi connectivity index (χ0n) is 14.1. The number of hydrogen-bond donors (Lipinski definition) is 3. The summed E-state index contributed by atoms with van der Waals surface area (Å²) in [6, 6.07) is 12.9. The highest BCUT2D eigenvalue weighted by Gasteiger charge is 2.14. The summed E-state index contributed by atoms with van der Waals surface area (Å²) in [4.78, 5) is 32.0. The number of benzene rings is 2. The van der Waals surface area contributed by atoms with Gasteiger partial charge < -0.3 is 16.4 Å². The van der Waals surface area contributed by atoms with Crippen molar-refractivity contribution in [3.63, 3.8) is 0 Å². The van der Waals surface area contributed by atoms with E-state index in [0.29, 0.717) is 0 Å². The summed E-state index contributed by atoms with van der Waals surface area (Å²) in [5, 5.41) is 5.06. The van der Waals surface area contributed by atoms with E-state index in [0.717, 1.165) is 11.6 Å². The first-order chi connectivity index (χ1) is 13.0. The number of amides is 2. The van der Waals surface area contributed by atoms with Crippen molar-refractivity contribution in [3.05, 3.63) is 78.0 Å². The van der Waals surface area contributed by atoms with Gasteiger partial charge in [0.15, 0.2) is 11.5 Å². The van der Waals surface area contributed by atoms with Crippen LogP contribution >= 0.6 is 0 Å². The molecule has 0 saturated carbocycles. The van der Waals surface area contributed by atoms with Gasteiger partial charge in [-0.1, -0.05) is 30.3 Å². The lowest BCUT2D eigenvalue weighted by Crippen LogP contribution is -2.18. The van der Waals surface area contributed by atoms with Gasteiger partial charge in [0.2, 0.25) is 5.91 Å². The topological polar surface area (TPSA) is 110 Å². The van der Waals surface area contributed by atoms with Crippen molar-refractivity contribution in [1.29, 1.82) is 0 Å². The number of carbonyl (C=O) groups is 2. The molecule has 1 heterocycles. The number of anilines is 3. The van der Waals surface area contributed by atoms with Gasteiger partial charge in [0.05, 0.1) is 12.1 Å². The molecule has 0 aliphatic rings. The Labute approximate surface area is 154 Å². The fraction of sp³-hybridized carbons (Fsp3) is 0.0526. The van der Waals surface area contributed by atoms with Gasteiger partial charge in [-0.3, -0.25) is 9.59 Å². The lowest BCUT2D eigenvalue weighted by molar-refractivity contribution is -0.115. The zero-order chi connectivity index (χ0) is 19.2. The first-order valence-electron chi connectivity index (χ1n) is 8.04. The Morgan fingerprint density at radius 1 is 1.00 bits per heavy atom. The van der Waals surface area contributed by atoms with E-state index in [4.69, 9.17) is 5.73 Å². The van der Waals surface area contributed by atoms with Crippen LogP contribution in [0.5, 0.6) is 0 Å². The summed E-state index contributed by atoms with van der Waals surface area (Å²) in [7, 11) is 0. The van der Waals surface area contributed by atoms with Crippen LogP contribution in [-0.4, -0.2) is 21.8 Å². The van der Waals surface area contributed by atoms with Crippen LogP contribution in [0, 0.1) is 5.82 Å². The predicted octanol–water partition coefficient (Wildman–Crippen LogP) is 2.63. The minimum atomic E-state index is -0.617. The number of nitrogen functional groups attached to an aromatic ring is 1. The summed E-state index contributed by atoms with van der Waals surface area (Å²) in [5.74, 6) is -1.60. The molecular formula is C19H16FN5O2. The van der Waals surface area contributed by atoms with Crippen molar-refractivity contribution in [3.8, 4) is 0 Å². The molecule has 2 aromatic carbocycles. The average molecular weight is 365 g/mol. The number of nitrogens with zero attached hydrogens (tertiary/aromatic N) is 2. The Morgan fingerprint density at radius 2 is 1.74 bits per heavy atom. The van der Waals surface area contributed by atoms with E-state index in [-0.39, 0.29) is 35.2 Å². The second-order valence-electron chi connectivity index (χ2n) is 5.65. The highest BCUT2D eigenvalue weighted by molar-refractivity contribution is 6.06. The van der Waals surface area contributed by atoms with Gasteiger partial charge in [0.1, 0.15) is 5.82 Å². The fourth-order valence-electron chi connectivity index (χ4n) is 2.39. The van der Waals surface area contributed by atoms with Gasteiger partial charge in [0, 0.05) is 18.1 Å². The average Bonchev–Trinajstić information content (AvgIpc) is 2.65. The molecule has 8 heteroatoms. The molecule has 0 spiro atoms. The third-order valence-electron chi connectivity index (χ3n) is 3.65. The number of hydrogen-bond acceptors (Lipinski definition) is 5. The van der Waals surface area contributed by atoms with Gasteiger partial charge in [-0.25, -0.2) is 14.4 Å². The molecule has 0 radical (unpaired) electrons. The monoisotopic (exact) mass is 365 g/mol.